The Labute approximate surface area is 280 Å². The zero-order valence-electron chi connectivity index (χ0n) is 27.1. The third-order valence-electron chi connectivity index (χ3n) is 9.69. The fraction of sp³-hybridized carbons (Fsp3) is 0.278. The summed E-state index contributed by atoms with van der Waals surface area (Å²) in [7, 11) is 1.64. The summed E-state index contributed by atoms with van der Waals surface area (Å²) in [6.45, 7) is 6.15. The molecule has 8 rings (SSSR count). The molecule has 0 aliphatic carbocycles. The van der Waals surface area contributed by atoms with E-state index in [1.807, 2.05) is 18.3 Å². The lowest BCUT2D eigenvalue weighted by Gasteiger charge is -2.47. The van der Waals surface area contributed by atoms with E-state index in [2.05, 4.69) is 32.0 Å². The smallest absolute Gasteiger partial charge is 0.283 e. The first kappa shape index (κ1) is 30.9. The van der Waals surface area contributed by atoms with Crippen LogP contribution in [0.1, 0.15) is 12.5 Å². The second-order valence-electron chi connectivity index (χ2n) is 12.7. The number of rotatable bonds is 7. The Bertz CT molecular complexity index is 2330. The van der Waals surface area contributed by atoms with E-state index in [1.54, 1.807) is 55.8 Å². The Balaban J connectivity index is 1.10. The molecule has 1 atom stereocenters. The van der Waals surface area contributed by atoms with Crippen LogP contribution in [0.2, 0.25) is 0 Å². The van der Waals surface area contributed by atoms with E-state index < -0.39 is 18.0 Å². The summed E-state index contributed by atoms with van der Waals surface area (Å²) in [4.78, 5) is 40.8. The van der Waals surface area contributed by atoms with Crippen molar-refractivity contribution in [2.45, 2.75) is 25.6 Å². The maximum Gasteiger partial charge on any atom is 0.283 e. The van der Waals surface area contributed by atoms with Gasteiger partial charge >= 0.3 is 0 Å². The van der Waals surface area contributed by atoms with Crippen molar-refractivity contribution >= 4 is 33.6 Å². The lowest BCUT2D eigenvalue weighted by molar-refractivity contribution is -0.0792. The van der Waals surface area contributed by atoms with Crippen molar-refractivity contribution in [1.82, 2.24) is 28.4 Å². The minimum absolute atomic E-state index is 0.118. The van der Waals surface area contributed by atoms with E-state index in [0.717, 1.165) is 38.5 Å². The minimum Gasteiger partial charge on any atom is -0.392 e. The number of aliphatic hydroxyl groups excluding tert-OH is 1. The fourth-order valence-corrected chi connectivity index (χ4v) is 7.07. The Morgan fingerprint density at radius 1 is 1.04 bits per heavy atom. The molecule has 6 aromatic rings. The molecule has 13 heteroatoms. The number of halogens is 1. The highest BCUT2D eigenvalue weighted by atomic mass is 19.1. The number of nitrogens with one attached hydrogen (secondary N) is 1. The van der Waals surface area contributed by atoms with Crippen molar-refractivity contribution in [2.24, 2.45) is 7.05 Å². The van der Waals surface area contributed by atoms with Gasteiger partial charge in [0.15, 0.2) is 5.82 Å². The summed E-state index contributed by atoms with van der Waals surface area (Å²) in [5.74, 6) is 0.0493. The third-order valence-corrected chi connectivity index (χ3v) is 9.69. The first-order chi connectivity index (χ1) is 23.8. The zero-order valence-corrected chi connectivity index (χ0v) is 27.1. The van der Waals surface area contributed by atoms with Crippen LogP contribution in [-0.4, -0.2) is 78.4 Å². The number of piperazine rings is 1. The molecular formula is C36H35FN8O4. The molecule has 1 aromatic carbocycles. The first-order valence-electron chi connectivity index (χ1n) is 16.2. The molecule has 250 valence electrons. The largest absolute Gasteiger partial charge is 0.392 e. The van der Waals surface area contributed by atoms with Crippen LogP contribution in [0.4, 0.5) is 21.6 Å². The Morgan fingerprint density at radius 3 is 2.61 bits per heavy atom. The highest BCUT2D eigenvalue weighted by Gasteiger charge is 2.33. The molecule has 0 saturated carbocycles. The average molecular weight is 663 g/mol. The lowest BCUT2D eigenvalue weighted by atomic mass is 10.0. The van der Waals surface area contributed by atoms with Gasteiger partial charge in [0.05, 0.1) is 43.3 Å². The van der Waals surface area contributed by atoms with Crippen molar-refractivity contribution in [2.75, 3.05) is 43.1 Å². The molecule has 0 bridgehead atoms. The topological polar surface area (TPSA) is 122 Å². The van der Waals surface area contributed by atoms with Crippen LogP contribution < -0.4 is 21.3 Å². The molecule has 12 nitrogen and oxygen atoms in total. The molecule has 2 N–H and O–H groups in total. The number of hydrogen-bond donors (Lipinski definition) is 2. The van der Waals surface area contributed by atoms with Gasteiger partial charge in [0.1, 0.15) is 22.8 Å². The number of hydrogen-bond acceptors (Lipinski definition) is 9. The Hall–Kier alpha value is -5.37. The monoisotopic (exact) mass is 662 g/mol. The number of nitrogens with zero attached hydrogens (tertiary/aromatic N) is 7. The van der Waals surface area contributed by atoms with Gasteiger partial charge < -0.3 is 29.0 Å². The van der Waals surface area contributed by atoms with Crippen LogP contribution in [0.5, 0.6) is 0 Å². The van der Waals surface area contributed by atoms with Gasteiger partial charge in [-0.15, -0.1) is 0 Å². The number of aromatic nitrogens is 5. The summed E-state index contributed by atoms with van der Waals surface area (Å²) >= 11 is 0. The lowest BCUT2D eigenvalue weighted by Crippen LogP contribution is -2.60. The fourth-order valence-electron chi connectivity index (χ4n) is 7.07. The number of para-hydroxylation sites is 1. The summed E-state index contributed by atoms with van der Waals surface area (Å²) in [5, 5.41) is 14.1. The SMILES string of the molecule is C[C@@H]1CN(c2ccc(Nc3cc(-c4ccnc(-n5ccn6c(c(F)c7ccccc76)c5=O)c4CO)cn(C)c3=O)nc2)CCN1C1COC1. The van der Waals surface area contributed by atoms with Crippen LogP contribution in [0, 0.1) is 5.82 Å². The maximum absolute atomic E-state index is 15.4. The van der Waals surface area contributed by atoms with Crippen molar-refractivity contribution in [3.63, 3.8) is 0 Å². The molecule has 7 heterocycles. The number of anilines is 3. The summed E-state index contributed by atoms with van der Waals surface area (Å²) in [6.07, 6.45) is 8.11. The molecule has 2 aliphatic rings. The third kappa shape index (κ3) is 5.26. The Morgan fingerprint density at radius 2 is 1.88 bits per heavy atom. The van der Waals surface area contributed by atoms with Gasteiger partial charge in [-0.2, -0.15) is 0 Å². The van der Waals surface area contributed by atoms with Gasteiger partial charge in [0.25, 0.3) is 11.1 Å². The van der Waals surface area contributed by atoms with Gasteiger partial charge in [-0.05, 0) is 48.9 Å². The van der Waals surface area contributed by atoms with Crippen molar-refractivity contribution in [3.8, 4) is 16.9 Å². The summed E-state index contributed by atoms with van der Waals surface area (Å²) in [6, 6.07) is 15.0. The number of pyridine rings is 3. The Kier molecular flexibility index (Phi) is 7.74. The van der Waals surface area contributed by atoms with E-state index in [0.29, 0.717) is 45.5 Å². The second kappa shape index (κ2) is 12.3. The molecule has 2 fully saturated rings. The molecule has 0 amide bonds. The normalized spacial score (nSPS) is 17.1. The van der Waals surface area contributed by atoms with Gasteiger partial charge in [-0.3, -0.25) is 19.1 Å². The average Bonchev–Trinajstić information content (AvgIpc) is 3.39. The van der Waals surface area contributed by atoms with Crippen LogP contribution >= 0.6 is 0 Å². The van der Waals surface area contributed by atoms with Crippen LogP contribution in [0.15, 0.2) is 89.1 Å². The molecule has 0 spiro atoms. The molecular weight excluding hydrogens is 627 g/mol. The molecule has 5 aromatic heterocycles. The number of benzene rings is 1. The van der Waals surface area contributed by atoms with E-state index in [9.17, 15) is 14.7 Å². The minimum atomic E-state index is -0.622. The predicted octanol–water partition coefficient (Wildman–Crippen LogP) is 3.68. The quantitative estimate of drug-likeness (QED) is 0.264. The molecule has 2 aliphatic heterocycles. The van der Waals surface area contributed by atoms with E-state index in [1.165, 1.54) is 25.9 Å². The molecule has 2 saturated heterocycles. The number of aryl methyl sites for hydroxylation is 1. The highest BCUT2D eigenvalue weighted by Crippen LogP contribution is 2.30. The number of ether oxygens (including phenoxy) is 1. The van der Waals surface area contributed by atoms with Gasteiger partial charge in [-0.1, -0.05) is 12.1 Å². The van der Waals surface area contributed by atoms with Crippen molar-refractivity contribution in [3.05, 3.63) is 112 Å². The van der Waals surface area contributed by atoms with E-state index in [4.69, 9.17) is 4.74 Å². The summed E-state index contributed by atoms with van der Waals surface area (Å²) < 4.78 is 25.0. The molecule has 0 radical (unpaired) electrons. The predicted molar refractivity (Wildman–Crippen MR) is 185 cm³/mol. The van der Waals surface area contributed by atoms with Crippen LogP contribution in [-0.2, 0) is 18.4 Å². The second-order valence-corrected chi connectivity index (χ2v) is 12.7. The van der Waals surface area contributed by atoms with Crippen molar-refractivity contribution < 1.29 is 14.2 Å². The highest BCUT2D eigenvalue weighted by molar-refractivity contribution is 5.88. The van der Waals surface area contributed by atoms with E-state index >= 15 is 4.39 Å². The van der Waals surface area contributed by atoms with Gasteiger partial charge in [0, 0.05) is 74.0 Å². The van der Waals surface area contributed by atoms with E-state index in [-0.39, 0.29) is 22.6 Å². The molecule has 0 unspecified atom stereocenters. The number of fused-ring (bicyclic) bond motifs is 3. The van der Waals surface area contributed by atoms with Crippen LogP contribution in [0.25, 0.3) is 33.4 Å². The van der Waals surface area contributed by atoms with Gasteiger partial charge in [0.2, 0.25) is 0 Å². The maximum atomic E-state index is 15.4. The standard InChI is InChI=1S/C36H35FN8O4/c1-22-17-42(11-12-43(22)25-20-49-21-25)24-7-8-31(39-16-24)40-29-15-23(18-41(2)35(29)47)26-9-10-38-34(28(26)19-46)45-14-13-44-30-6-4-3-5-27(30)32(37)33(44)36(45)48/h3-10,13-16,18,22,25,46H,11-12,17,19-21H2,1-2H3,(H,39,40)/t22-/m1/s1. The van der Waals surface area contributed by atoms with Gasteiger partial charge in [-0.25, -0.2) is 14.4 Å². The van der Waals surface area contributed by atoms with Crippen LogP contribution in [0.3, 0.4) is 0 Å². The summed E-state index contributed by atoms with van der Waals surface area (Å²) in [5.41, 5.74) is 2.38. The molecule has 49 heavy (non-hydrogen) atoms. The van der Waals surface area contributed by atoms with Crippen molar-refractivity contribution in [1.29, 1.82) is 0 Å². The first-order valence-corrected chi connectivity index (χ1v) is 16.2. The zero-order chi connectivity index (χ0) is 33.8. The number of aliphatic hydroxyl groups is 1.